The number of nitrogens with two attached hydrogens (primary N) is 1. The number of carbonyl (C=O) groups is 1. The van der Waals surface area contributed by atoms with Gasteiger partial charge in [0.2, 0.25) is 0 Å². The van der Waals surface area contributed by atoms with Crippen LogP contribution in [0.25, 0.3) is 10.1 Å². The van der Waals surface area contributed by atoms with Gasteiger partial charge in [-0.05, 0) is 19.1 Å². The third-order valence-corrected chi connectivity index (χ3v) is 4.42. The van der Waals surface area contributed by atoms with Crippen LogP contribution in [0.15, 0.2) is 42.7 Å². The van der Waals surface area contributed by atoms with Crippen LogP contribution in [0, 0.1) is 0 Å². The molecule has 0 aliphatic heterocycles. The smallest absolute Gasteiger partial charge is 0.263 e. The monoisotopic (exact) mass is 300 g/mol. The Kier molecular flexibility index (Phi) is 3.62. The molecule has 3 N–H and O–H groups in total. The molecule has 0 aliphatic rings. The summed E-state index contributed by atoms with van der Waals surface area (Å²) in [6, 6.07) is 9.61. The van der Waals surface area contributed by atoms with Gasteiger partial charge in [0, 0.05) is 28.5 Å². The number of hydrogen-bond donors (Lipinski definition) is 2. The minimum atomic E-state index is -0.131. The second-order valence-electron chi connectivity index (χ2n) is 4.94. The number of rotatable bonds is 4. The fraction of sp³-hybridized carbons (Fsp3) is 0.200. The highest BCUT2D eigenvalue weighted by atomic mass is 32.1. The summed E-state index contributed by atoms with van der Waals surface area (Å²) >= 11 is 1.42. The van der Waals surface area contributed by atoms with E-state index in [1.54, 1.807) is 10.9 Å². The summed E-state index contributed by atoms with van der Waals surface area (Å²) in [5.74, 6) is -0.131. The van der Waals surface area contributed by atoms with Crippen molar-refractivity contribution in [3.8, 4) is 0 Å². The van der Waals surface area contributed by atoms with Crippen molar-refractivity contribution in [2.45, 2.75) is 19.5 Å². The van der Waals surface area contributed by atoms with E-state index in [1.165, 1.54) is 11.3 Å². The number of amides is 1. The molecule has 2 aromatic heterocycles. The Bertz CT molecular complexity index is 763. The number of anilines is 1. The van der Waals surface area contributed by atoms with Crippen molar-refractivity contribution in [3.63, 3.8) is 0 Å². The van der Waals surface area contributed by atoms with Gasteiger partial charge in [-0.1, -0.05) is 18.2 Å². The van der Waals surface area contributed by atoms with E-state index in [0.29, 0.717) is 17.1 Å². The van der Waals surface area contributed by atoms with Gasteiger partial charge >= 0.3 is 0 Å². The first-order chi connectivity index (χ1) is 10.1. The van der Waals surface area contributed by atoms with Gasteiger partial charge in [0.25, 0.3) is 5.91 Å². The van der Waals surface area contributed by atoms with Crippen LogP contribution < -0.4 is 11.1 Å². The highest BCUT2D eigenvalue weighted by Crippen LogP contribution is 2.33. The first kappa shape index (κ1) is 13.6. The molecule has 1 amide bonds. The van der Waals surface area contributed by atoms with E-state index in [9.17, 15) is 4.79 Å². The van der Waals surface area contributed by atoms with E-state index in [1.807, 2.05) is 43.5 Å². The molecule has 3 aromatic rings. The molecule has 0 radical (unpaired) electrons. The first-order valence-corrected chi connectivity index (χ1v) is 7.52. The predicted octanol–water partition coefficient (Wildman–Crippen LogP) is 2.50. The zero-order valence-electron chi connectivity index (χ0n) is 11.6. The number of fused-ring (bicyclic) bond motifs is 1. The molecule has 0 aliphatic carbocycles. The van der Waals surface area contributed by atoms with Gasteiger partial charge in [-0.25, -0.2) is 0 Å². The van der Waals surface area contributed by atoms with E-state index in [4.69, 9.17) is 5.73 Å². The van der Waals surface area contributed by atoms with Crippen LogP contribution in [0.5, 0.6) is 0 Å². The standard InChI is InChI=1S/C15H16N4OS/c1-10(9-19-8-4-7-17-19)18-15(20)14-13(16)11-5-2-3-6-12(11)21-14/h2-8,10H,9,16H2,1H3,(H,18,20). The maximum atomic E-state index is 12.4. The number of nitrogens with one attached hydrogen (secondary N) is 1. The van der Waals surface area contributed by atoms with E-state index in [-0.39, 0.29) is 11.9 Å². The first-order valence-electron chi connectivity index (χ1n) is 6.70. The summed E-state index contributed by atoms with van der Waals surface area (Å²) in [6.07, 6.45) is 3.59. The number of nitrogens with zero attached hydrogens (tertiary/aromatic N) is 2. The fourth-order valence-electron chi connectivity index (χ4n) is 2.26. The molecule has 0 fully saturated rings. The highest BCUT2D eigenvalue weighted by molar-refractivity contribution is 7.21. The van der Waals surface area contributed by atoms with Gasteiger partial charge in [-0.3, -0.25) is 9.48 Å². The molecule has 108 valence electrons. The molecule has 1 aromatic carbocycles. The number of hydrogen-bond acceptors (Lipinski definition) is 4. The van der Waals surface area contributed by atoms with Crippen molar-refractivity contribution in [1.82, 2.24) is 15.1 Å². The molecule has 0 spiro atoms. The molecule has 5 nitrogen and oxygen atoms in total. The summed E-state index contributed by atoms with van der Waals surface area (Å²) in [5, 5.41) is 8.04. The summed E-state index contributed by atoms with van der Waals surface area (Å²) < 4.78 is 2.82. The minimum Gasteiger partial charge on any atom is -0.397 e. The molecule has 3 rings (SSSR count). The molecular formula is C15H16N4OS. The van der Waals surface area contributed by atoms with Gasteiger partial charge in [0.05, 0.1) is 12.2 Å². The van der Waals surface area contributed by atoms with Crippen LogP contribution in [-0.4, -0.2) is 21.7 Å². The van der Waals surface area contributed by atoms with Gasteiger partial charge in [0.1, 0.15) is 4.88 Å². The SMILES string of the molecule is CC(Cn1cccn1)NC(=O)c1sc2ccccc2c1N. The van der Waals surface area contributed by atoms with Crippen molar-refractivity contribution in [2.75, 3.05) is 5.73 Å². The number of carbonyl (C=O) groups excluding carboxylic acids is 1. The quantitative estimate of drug-likeness (QED) is 0.777. The molecule has 0 saturated heterocycles. The Balaban J connectivity index is 1.76. The second-order valence-corrected chi connectivity index (χ2v) is 6.00. The Morgan fingerprint density at radius 3 is 2.95 bits per heavy atom. The molecular weight excluding hydrogens is 284 g/mol. The average molecular weight is 300 g/mol. The third kappa shape index (κ3) is 2.75. The Labute approximate surface area is 126 Å². The van der Waals surface area contributed by atoms with Gasteiger partial charge in [0.15, 0.2) is 0 Å². The zero-order valence-corrected chi connectivity index (χ0v) is 12.4. The molecule has 1 atom stereocenters. The van der Waals surface area contributed by atoms with Crippen LogP contribution in [0.2, 0.25) is 0 Å². The lowest BCUT2D eigenvalue weighted by molar-refractivity contribution is 0.0941. The molecule has 1 unspecified atom stereocenters. The lowest BCUT2D eigenvalue weighted by Gasteiger charge is -2.13. The Morgan fingerprint density at radius 2 is 2.24 bits per heavy atom. The Hall–Kier alpha value is -2.34. The van der Waals surface area contributed by atoms with E-state index in [0.717, 1.165) is 10.1 Å². The third-order valence-electron chi connectivity index (χ3n) is 3.24. The van der Waals surface area contributed by atoms with Crippen molar-refractivity contribution in [2.24, 2.45) is 0 Å². The predicted molar refractivity (Wildman–Crippen MR) is 85.4 cm³/mol. The normalized spacial score (nSPS) is 12.4. The molecule has 21 heavy (non-hydrogen) atoms. The number of thiophene rings is 1. The molecule has 6 heteroatoms. The van der Waals surface area contributed by atoms with E-state index >= 15 is 0 Å². The summed E-state index contributed by atoms with van der Waals surface area (Å²) in [7, 11) is 0. The topological polar surface area (TPSA) is 72.9 Å². The van der Waals surface area contributed by atoms with Gasteiger partial charge in [-0.2, -0.15) is 5.10 Å². The van der Waals surface area contributed by atoms with Gasteiger partial charge < -0.3 is 11.1 Å². The lowest BCUT2D eigenvalue weighted by atomic mass is 10.2. The van der Waals surface area contributed by atoms with Gasteiger partial charge in [-0.15, -0.1) is 11.3 Å². The van der Waals surface area contributed by atoms with Crippen molar-refractivity contribution in [3.05, 3.63) is 47.6 Å². The van der Waals surface area contributed by atoms with E-state index in [2.05, 4.69) is 10.4 Å². The summed E-state index contributed by atoms with van der Waals surface area (Å²) in [5.41, 5.74) is 6.64. The number of nitrogen functional groups attached to an aromatic ring is 1. The largest absolute Gasteiger partial charge is 0.397 e. The molecule has 0 saturated carbocycles. The van der Waals surface area contributed by atoms with Crippen molar-refractivity contribution < 1.29 is 4.79 Å². The van der Waals surface area contributed by atoms with Crippen molar-refractivity contribution in [1.29, 1.82) is 0 Å². The average Bonchev–Trinajstić information content (AvgIpc) is 3.07. The summed E-state index contributed by atoms with van der Waals surface area (Å²) in [6.45, 7) is 2.58. The Morgan fingerprint density at radius 1 is 1.43 bits per heavy atom. The summed E-state index contributed by atoms with van der Waals surface area (Å²) in [4.78, 5) is 12.9. The van der Waals surface area contributed by atoms with Crippen LogP contribution in [-0.2, 0) is 6.54 Å². The van der Waals surface area contributed by atoms with Crippen LogP contribution in [0.3, 0.4) is 0 Å². The number of aromatic nitrogens is 2. The van der Waals surface area contributed by atoms with Crippen LogP contribution >= 0.6 is 11.3 Å². The lowest BCUT2D eigenvalue weighted by Crippen LogP contribution is -2.35. The zero-order chi connectivity index (χ0) is 14.8. The fourth-order valence-corrected chi connectivity index (χ4v) is 3.28. The maximum Gasteiger partial charge on any atom is 0.263 e. The highest BCUT2D eigenvalue weighted by Gasteiger charge is 2.17. The van der Waals surface area contributed by atoms with Crippen molar-refractivity contribution >= 4 is 33.0 Å². The van der Waals surface area contributed by atoms with Crippen LogP contribution in [0.4, 0.5) is 5.69 Å². The molecule has 2 heterocycles. The maximum absolute atomic E-state index is 12.4. The minimum absolute atomic E-state index is 0.0259. The van der Waals surface area contributed by atoms with Crippen LogP contribution in [0.1, 0.15) is 16.6 Å². The second kappa shape index (κ2) is 5.57. The number of benzene rings is 1. The molecule has 0 bridgehead atoms. The van der Waals surface area contributed by atoms with E-state index < -0.39 is 0 Å².